The molecule has 0 amide bonds. The summed E-state index contributed by atoms with van der Waals surface area (Å²) in [5, 5.41) is 0. The first-order valence-electron chi connectivity index (χ1n) is 5.19. The molecule has 0 heterocycles. The van der Waals surface area contributed by atoms with E-state index in [4.69, 9.17) is 0 Å². The van der Waals surface area contributed by atoms with Crippen molar-refractivity contribution in [3.05, 3.63) is 24.3 Å². The molecule has 0 bridgehead atoms. The third kappa shape index (κ3) is 1.63. The van der Waals surface area contributed by atoms with Crippen molar-refractivity contribution in [3.63, 3.8) is 0 Å². The monoisotopic (exact) mass is 162 g/mol. The number of fused-ring (bicyclic) bond motifs is 1. The molecule has 2 aliphatic rings. The summed E-state index contributed by atoms with van der Waals surface area (Å²) in [4.78, 5) is 0. The van der Waals surface area contributed by atoms with E-state index in [-0.39, 0.29) is 0 Å². The van der Waals surface area contributed by atoms with Gasteiger partial charge in [0.15, 0.2) is 0 Å². The molecule has 0 nitrogen and oxygen atoms in total. The van der Waals surface area contributed by atoms with E-state index >= 15 is 0 Å². The third-order valence-electron chi connectivity index (χ3n) is 3.35. The topological polar surface area (TPSA) is 0 Å². The van der Waals surface area contributed by atoms with E-state index < -0.39 is 0 Å². The average molecular weight is 162 g/mol. The lowest BCUT2D eigenvalue weighted by molar-refractivity contribution is 0.228. The predicted octanol–water partition coefficient (Wildman–Crippen LogP) is 3.55. The van der Waals surface area contributed by atoms with Crippen molar-refractivity contribution in [1.29, 1.82) is 0 Å². The number of allylic oxidation sites excluding steroid dienone is 4. The Morgan fingerprint density at radius 2 is 2.08 bits per heavy atom. The fourth-order valence-electron chi connectivity index (χ4n) is 2.59. The molecule has 0 heteroatoms. The molecule has 0 spiro atoms. The van der Waals surface area contributed by atoms with Gasteiger partial charge in [0.25, 0.3) is 0 Å². The Morgan fingerprint density at radius 1 is 1.17 bits per heavy atom. The number of hydrogen-bond donors (Lipinski definition) is 0. The summed E-state index contributed by atoms with van der Waals surface area (Å²) in [6.45, 7) is 2.40. The Labute approximate surface area is 75.4 Å². The minimum Gasteiger partial charge on any atom is -0.0843 e. The minimum absolute atomic E-state index is 0.885. The maximum absolute atomic E-state index is 2.42. The highest BCUT2D eigenvalue weighted by Gasteiger charge is 2.26. The number of hydrogen-bond acceptors (Lipinski definition) is 0. The Bertz CT molecular complexity index is 200. The second-order valence-corrected chi connectivity index (χ2v) is 4.39. The fourth-order valence-corrected chi connectivity index (χ4v) is 2.59. The van der Waals surface area contributed by atoms with E-state index in [2.05, 4.69) is 31.2 Å². The lowest BCUT2D eigenvalue weighted by Crippen LogP contribution is -2.21. The van der Waals surface area contributed by atoms with Gasteiger partial charge >= 0.3 is 0 Å². The maximum atomic E-state index is 2.42. The van der Waals surface area contributed by atoms with Gasteiger partial charge in [0.1, 0.15) is 0 Å². The van der Waals surface area contributed by atoms with Crippen molar-refractivity contribution in [2.75, 3.05) is 0 Å². The van der Waals surface area contributed by atoms with E-state index in [1.807, 2.05) is 0 Å². The van der Waals surface area contributed by atoms with Crippen LogP contribution in [0.25, 0.3) is 0 Å². The summed E-state index contributed by atoms with van der Waals surface area (Å²) in [5.41, 5.74) is 0. The van der Waals surface area contributed by atoms with Gasteiger partial charge in [-0.15, -0.1) is 0 Å². The summed E-state index contributed by atoms with van der Waals surface area (Å²) < 4.78 is 0. The fraction of sp³-hybridized carbons (Fsp3) is 0.667. The summed E-state index contributed by atoms with van der Waals surface area (Å²) in [6, 6.07) is 0. The van der Waals surface area contributed by atoms with E-state index in [9.17, 15) is 0 Å². The van der Waals surface area contributed by atoms with Crippen LogP contribution in [0.2, 0.25) is 0 Å². The van der Waals surface area contributed by atoms with Crippen molar-refractivity contribution in [2.45, 2.75) is 32.6 Å². The summed E-state index contributed by atoms with van der Waals surface area (Å²) in [6.07, 6.45) is 14.8. The predicted molar refractivity (Wildman–Crippen MR) is 52.9 cm³/mol. The molecular formula is C12H18. The lowest BCUT2D eigenvalue weighted by Gasteiger charge is -2.32. The van der Waals surface area contributed by atoms with Crippen LogP contribution in [0.5, 0.6) is 0 Å². The molecule has 0 aromatic heterocycles. The molecule has 66 valence electrons. The maximum Gasteiger partial charge on any atom is -0.0199 e. The van der Waals surface area contributed by atoms with Crippen LogP contribution >= 0.6 is 0 Å². The molecule has 2 rings (SSSR count). The largest absolute Gasteiger partial charge is 0.0843 e. The van der Waals surface area contributed by atoms with Gasteiger partial charge in [-0.3, -0.25) is 0 Å². The van der Waals surface area contributed by atoms with Gasteiger partial charge in [0, 0.05) is 0 Å². The zero-order valence-electron chi connectivity index (χ0n) is 7.87. The Kier molecular flexibility index (Phi) is 2.34. The van der Waals surface area contributed by atoms with Gasteiger partial charge in [-0.05, 0) is 37.0 Å². The molecule has 0 aromatic rings. The van der Waals surface area contributed by atoms with Crippen LogP contribution in [0.15, 0.2) is 24.3 Å². The van der Waals surface area contributed by atoms with Crippen molar-refractivity contribution in [3.8, 4) is 0 Å². The van der Waals surface area contributed by atoms with Gasteiger partial charge in [0.05, 0.1) is 0 Å². The van der Waals surface area contributed by atoms with E-state index in [1.54, 1.807) is 0 Å². The van der Waals surface area contributed by atoms with E-state index in [0.717, 1.165) is 17.8 Å². The van der Waals surface area contributed by atoms with Crippen LogP contribution in [-0.2, 0) is 0 Å². The average Bonchev–Trinajstić information content (AvgIpc) is 2.28. The van der Waals surface area contributed by atoms with E-state index in [0.29, 0.717) is 0 Å². The van der Waals surface area contributed by atoms with Crippen LogP contribution in [-0.4, -0.2) is 0 Å². The Balaban J connectivity index is 2.06. The lowest BCUT2D eigenvalue weighted by atomic mass is 9.74. The molecule has 0 radical (unpaired) electrons. The van der Waals surface area contributed by atoms with Crippen LogP contribution in [0.3, 0.4) is 0 Å². The van der Waals surface area contributed by atoms with Gasteiger partial charge in [0.2, 0.25) is 0 Å². The third-order valence-corrected chi connectivity index (χ3v) is 3.35. The zero-order valence-corrected chi connectivity index (χ0v) is 7.87. The van der Waals surface area contributed by atoms with Gasteiger partial charge in [-0.25, -0.2) is 0 Å². The number of rotatable bonds is 0. The Morgan fingerprint density at radius 3 is 3.00 bits per heavy atom. The molecular weight excluding hydrogens is 144 g/mol. The molecule has 0 saturated heterocycles. The van der Waals surface area contributed by atoms with E-state index in [1.165, 1.54) is 25.7 Å². The smallest absolute Gasteiger partial charge is 0.0199 e. The quantitative estimate of drug-likeness (QED) is 0.511. The first-order chi connectivity index (χ1) is 5.86. The molecule has 1 saturated carbocycles. The van der Waals surface area contributed by atoms with Crippen LogP contribution in [0.1, 0.15) is 32.6 Å². The normalized spacial score (nSPS) is 40.6. The first-order valence-corrected chi connectivity index (χ1v) is 5.19. The highest BCUT2D eigenvalue weighted by Crippen LogP contribution is 2.37. The molecule has 0 aliphatic heterocycles. The summed E-state index contributed by atoms with van der Waals surface area (Å²) >= 11 is 0. The zero-order chi connectivity index (χ0) is 8.39. The molecule has 3 atom stereocenters. The van der Waals surface area contributed by atoms with Crippen LogP contribution in [0, 0.1) is 17.8 Å². The van der Waals surface area contributed by atoms with Gasteiger partial charge in [-0.2, -0.15) is 0 Å². The van der Waals surface area contributed by atoms with Crippen LogP contribution in [0.4, 0.5) is 0 Å². The molecule has 3 unspecified atom stereocenters. The molecule has 0 aromatic carbocycles. The minimum atomic E-state index is 0.885. The highest BCUT2D eigenvalue weighted by atomic mass is 14.3. The Hall–Kier alpha value is -0.520. The molecule has 1 fully saturated rings. The molecule has 12 heavy (non-hydrogen) atoms. The van der Waals surface area contributed by atoms with Crippen molar-refractivity contribution >= 4 is 0 Å². The summed E-state index contributed by atoms with van der Waals surface area (Å²) in [5.74, 6) is 2.80. The van der Waals surface area contributed by atoms with Crippen molar-refractivity contribution in [2.24, 2.45) is 17.8 Å². The second-order valence-electron chi connectivity index (χ2n) is 4.39. The second kappa shape index (κ2) is 3.47. The van der Waals surface area contributed by atoms with Crippen LogP contribution < -0.4 is 0 Å². The first kappa shape index (κ1) is 8.10. The molecule has 0 N–H and O–H groups in total. The molecule has 2 aliphatic carbocycles. The standard InChI is InChI=1S/C12H18/c1-10-7-8-11-5-3-2-4-6-12(11)9-10/h2-5,10-12H,6-9H2,1H3. The summed E-state index contributed by atoms with van der Waals surface area (Å²) in [7, 11) is 0. The SMILES string of the molecule is CC1CCC2C=CC=CCC2C1. The highest BCUT2D eigenvalue weighted by molar-refractivity contribution is 5.10. The van der Waals surface area contributed by atoms with Crippen molar-refractivity contribution in [1.82, 2.24) is 0 Å². The van der Waals surface area contributed by atoms with Gasteiger partial charge in [-0.1, -0.05) is 37.6 Å². The van der Waals surface area contributed by atoms with Gasteiger partial charge < -0.3 is 0 Å². The van der Waals surface area contributed by atoms with Crippen molar-refractivity contribution < 1.29 is 0 Å².